The number of carbonyl (C=O) groups excluding carboxylic acids is 1. The Hall–Kier alpha value is -0.730. The van der Waals surface area contributed by atoms with Crippen molar-refractivity contribution < 1.29 is 9.53 Å². The molecule has 1 rings (SSSR count). The Morgan fingerprint density at radius 3 is 2.52 bits per heavy atom. The van der Waals surface area contributed by atoms with Crippen LogP contribution in [-0.2, 0) is 4.74 Å². The van der Waals surface area contributed by atoms with Gasteiger partial charge in [0.2, 0.25) is 0 Å². The molecule has 1 aliphatic carbocycles. The monoisotopic (exact) mass is 440 g/mol. The van der Waals surface area contributed by atoms with Crippen LogP contribution in [0.3, 0.4) is 0 Å². The van der Waals surface area contributed by atoms with Crippen molar-refractivity contribution in [3.63, 3.8) is 0 Å². The van der Waals surface area contributed by atoms with Gasteiger partial charge in [-0.3, -0.25) is 4.99 Å². The van der Waals surface area contributed by atoms with Crippen LogP contribution < -0.4 is 16.4 Å². The molecule has 0 bridgehead atoms. The van der Waals surface area contributed by atoms with Crippen LogP contribution in [-0.4, -0.2) is 37.3 Å². The smallest absolute Gasteiger partial charge is 0.407 e. The lowest BCUT2D eigenvalue weighted by atomic mass is 9.96. The number of nitrogens with two attached hydrogens (primary N) is 1. The summed E-state index contributed by atoms with van der Waals surface area (Å²) in [5.41, 5.74) is 5.97. The lowest BCUT2D eigenvalue weighted by Crippen LogP contribution is -2.43. The Morgan fingerprint density at radius 2 is 1.96 bits per heavy atom. The summed E-state index contributed by atoms with van der Waals surface area (Å²) in [5, 5.41) is 6.15. The third-order valence-corrected chi connectivity index (χ3v) is 3.79. The van der Waals surface area contributed by atoms with E-state index in [4.69, 9.17) is 10.5 Å². The highest BCUT2D eigenvalue weighted by Gasteiger charge is 2.16. The molecule has 0 spiro atoms. The van der Waals surface area contributed by atoms with Gasteiger partial charge in [0, 0.05) is 6.04 Å². The van der Waals surface area contributed by atoms with E-state index in [1.54, 1.807) is 6.92 Å². The molecule has 0 radical (unpaired) electrons. The fourth-order valence-electron chi connectivity index (χ4n) is 2.80. The number of alkyl carbamates (subject to hydrolysis) is 1. The van der Waals surface area contributed by atoms with E-state index in [2.05, 4.69) is 29.5 Å². The zero-order chi connectivity index (χ0) is 16.4. The van der Waals surface area contributed by atoms with Crippen molar-refractivity contribution in [2.75, 3.05) is 13.2 Å². The highest BCUT2D eigenvalue weighted by molar-refractivity contribution is 14.0. The molecule has 7 heteroatoms. The summed E-state index contributed by atoms with van der Waals surface area (Å²) < 4.78 is 4.94. The van der Waals surface area contributed by atoms with E-state index >= 15 is 0 Å². The maximum Gasteiger partial charge on any atom is 0.407 e. The van der Waals surface area contributed by atoms with Gasteiger partial charge in [-0.25, -0.2) is 4.79 Å². The summed E-state index contributed by atoms with van der Waals surface area (Å²) in [5.74, 6) is 0.945. The summed E-state index contributed by atoms with van der Waals surface area (Å²) in [7, 11) is 0. The highest BCUT2D eigenvalue weighted by Crippen LogP contribution is 2.17. The minimum absolute atomic E-state index is 0. The largest absolute Gasteiger partial charge is 0.450 e. The molecule has 4 N–H and O–H groups in total. The first-order chi connectivity index (χ1) is 10.5. The number of hydrogen-bond donors (Lipinski definition) is 3. The van der Waals surface area contributed by atoms with E-state index in [-0.39, 0.29) is 36.1 Å². The maximum absolute atomic E-state index is 11.6. The first kappa shape index (κ1) is 22.3. The molecule has 1 fully saturated rings. The number of amides is 1. The van der Waals surface area contributed by atoms with Gasteiger partial charge in [0.15, 0.2) is 5.96 Å². The first-order valence-electron chi connectivity index (χ1n) is 8.51. The minimum atomic E-state index is -0.387. The number of ether oxygens (including phenoxy) is 1. The standard InChI is InChI=1S/C16H32N4O2.HI/c1-4-22-16(21)20-14(10-12(2)3)11-18-15(17)19-13-8-6-5-7-9-13;/h12-14H,4-11H2,1-3H3,(H,20,21)(H3,17,18,19);1H. The average Bonchev–Trinajstić information content (AvgIpc) is 2.45. The van der Waals surface area contributed by atoms with Crippen molar-refractivity contribution in [1.29, 1.82) is 0 Å². The molecule has 1 unspecified atom stereocenters. The predicted octanol–water partition coefficient (Wildman–Crippen LogP) is 3.00. The van der Waals surface area contributed by atoms with Crippen LogP contribution in [0, 0.1) is 5.92 Å². The molecule has 23 heavy (non-hydrogen) atoms. The van der Waals surface area contributed by atoms with Crippen LogP contribution in [0.1, 0.15) is 59.3 Å². The van der Waals surface area contributed by atoms with Crippen molar-refractivity contribution >= 4 is 36.0 Å². The van der Waals surface area contributed by atoms with Crippen molar-refractivity contribution in [3.8, 4) is 0 Å². The molecular weight excluding hydrogens is 407 g/mol. The molecule has 0 heterocycles. The Balaban J connectivity index is 0.00000484. The van der Waals surface area contributed by atoms with Crippen molar-refractivity contribution in [2.45, 2.75) is 71.4 Å². The molecule has 1 amide bonds. The number of carbonyl (C=O) groups is 1. The molecule has 1 aliphatic rings. The lowest BCUT2D eigenvalue weighted by molar-refractivity contribution is 0.147. The highest BCUT2D eigenvalue weighted by atomic mass is 127. The number of guanidine groups is 1. The molecule has 1 saturated carbocycles. The van der Waals surface area contributed by atoms with E-state index in [1.165, 1.54) is 19.3 Å². The van der Waals surface area contributed by atoms with Crippen molar-refractivity contribution in [3.05, 3.63) is 0 Å². The third kappa shape index (κ3) is 10.6. The van der Waals surface area contributed by atoms with E-state index in [1.807, 2.05) is 0 Å². The van der Waals surface area contributed by atoms with E-state index in [0.717, 1.165) is 19.3 Å². The second-order valence-electron chi connectivity index (χ2n) is 6.40. The fraction of sp³-hybridized carbons (Fsp3) is 0.875. The number of hydrogen-bond acceptors (Lipinski definition) is 3. The second-order valence-corrected chi connectivity index (χ2v) is 6.40. The zero-order valence-electron chi connectivity index (χ0n) is 14.6. The summed E-state index contributed by atoms with van der Waals surface area (Å²) in [6.07, 6.45) is 6.60. The van der Waals surface area contributed by atoms with Gasteiger partial charge in [-0.2, -0.15) is 0 Å². The molecule has 0 aromatic heterocycles. The molecule has 0 aromatic rings. The molecular formula is C16H33IN4O2. The van der Waals surface area contributed by atoms with Gasteiger partial charge in [0.05, 0.1) is 19.2 Å². The van der Waals surface area contributed by atoms with Gasteiger partial charge in [0.1, 0.15) is 0 Å². The lowest BCUT2D eigenvalue weighted by Gasteiger charge is -2.24. The van der Waals surface area contributed by atoms with Gasteiger partial charge in [-0.05, 0) is 32.1 Å². The third-order valence-electron chi connectivity index (χ3n) is 3.79. The van der Waals surface area contributed by atoms with Crippen molar-refractivity contribution in [1.82, 2.24) is 10.6 Å². The minimum Gasteiger partial charge on any atom is -0.450 e. The van der Waals surface area contributed by atoms with Gasteiger partial charge >= 0.3 is 6.09 Å². The van der Waals surface area contributed by atoms with Crippen molar-refractivity contribution in [2.24, 2.45) is 16.6 Å². The van der Waals surface area contributed by atoms with Crippen LogP contribution in [0.15, 0.2) is 4.99 Å². The van der Waals surface area contributed by atoms with Gasteiger partial charge < -0.3 is 21.1 Å². The topological polar surface area (TPSA) is 88.7 Å². The molecule has 0 aromatic carbocycles. The second kappa shape index (κ2) is 12.7. The van der Waals surface area contributed by atoms with Crippen LogP contribution in [0.25, 0.3) is 0 Å². The summed E-state index contributed by atoms with van der Waals surface area (Å²) in [4.78, 5) is 16.0. The summed E-state index contributed by atoms with van der Waals surface area (Å²) in [6, 6.07) is 0.393. The van der Waals surface area contributed by atoms with Crippen LogP contribution in [0.2, 0.25) is 0 Å². The average molecular weight is 440 g/mol. The molecule has 6 nitrogen and oxygen atoms in total. The van der Waals surface area contributed by atoms with Gasteiger partial charge in [-0.1, -0.05) is 33.1 Å². The normalized spacial score (nSPS) is 17.3. The Kier molecular flexibility index (Phi) is 12.3. The van der Waals surface area contributed by atoms with E-state index < -0.39 is 0 Å². The summed E-state index contributed by atoms with van der Waals surface area (Å²) in [6.45, 7) is 6.87. The zero-order valence-corrected chi connectivity index (χ0v) is 17.0. The van der Waals surface area contributed by atoms with Crippen LogP contribution in [0.5, 0.6) is 0 Å². The SMILES string of the molecule is CCOC(=O)NC(CN=C(N)NC1CCCCC1)CC(C)C.I. The van der Waals surface area contributed by atoms with Crippen LogP contribution in [0.4, 0.5) is 4.79 Å². The predicted molar refractivity (Wildman–Crippen MR) is 105 cm³/mol. The van der Waals surface area contributed by atoms with Gasteiger partial charge in [-0.15, -0.1) is 24.0 Å². The Labute approximate surface area is 157 Å². The quantitative estimate of drug-likeness (QED) is 0.323. The number of rotatable bonds is 7. The van der Waals surface area contributed by atoms with Gasteiger partial charge in [0.25, 0.3) is 0 Å². The first-order valence-corrected chi connectivity index (χ1v) is 8.51. The number of aliphatic imine (C=N–C) groups is 1. The molecule has 1 atom stereocenters. The molecule has 136 valence electrons. The molecule has 0 aliphatic heterocycles. The van der Waals surface area contributed by atoms with Crippen LogP contribution >= 0.6 is 24.0 Å². The summed E-state index contributed by atoms with van der Waals surface area (Å²) >= 11 is 0. The Bertz CT molecular complexity index is 358. The number of nitrogens with one attached hydrogen (secondary N) is 2. The number of halogens is 1. The van der Waals surface area contributed by atoms with E-state index in [9.17, 15) is 4.79 Å². The Morgan fingerprint density at radius 1 is 1.30 bits per heavy atom. The maximum atomic E-state index is 11.6. The fourth-order valence-corrected chi connectivity index (χ4v) is 2.80. The molecule has 0 saturated heterocycles. The van der Waals surface area contributed by atoms with E-state index in [0.29, 0.717) is 31.1 Å². The number of nitrogens with zero attached hydrogens (tertiary/aromatic N) is 1.